The van der Waals surface area contributed by atoms with E-state index in [0.29, 0.717) is 19.4 Å². The van der Waals surface area contributed by atoms with E-state index in [4.69, 9.17) is 15.2 Å². The van der Waals surface area contributed by atoms with Crippen LogP contribution in [0.3, 0.4) is 0 Å². The maximum atomic E-state index is 11.7. The van der Waals surface area contributed by atoms with Gasteiger partial charge in [0.1, 0.15) is 6.10 Å². The average Bonchev–Trinajstić information content (AvgIpc) is 2.79. The Balaban J connectivity index is 4.47. The third kappa shape index (κ3) is 13.5. The maximum absolute atomic E-state index is 11.7. The molecule has 0 unspecified atom stereocenters. The lowest BCUT2D eigenvalue weighted by molar-refractivity contribution is -0.153. The Kier molecular flexibility index (Phi) is 15.5. The van der Waals surface area contributed by atoms with E-state index in [9.17, 15) is 19.8 Å². The number of primary amides is 1. The highest BCUT2D eigenvalue weighted by molar-refractivity contribution is 5.75. The second kappa shape index (κ2) is 16.5. The van der Waals surface area contributed by atoms with Crippen LogP contribution in [0.25, 0.3) is 0 Å². The third-order valence-corrected chi connectivity index (χ3v) is 6.21. The van der Waals surface area contributed by atoms with Gasteiger partial charge < -0.3 is 25.4 Å². The van der Waals surface area contributed by atoms with E-state index in [-0.39, 0.29) is 29.6 Å². The van der Waals surface area contributed by atoms with Gasteiger partial charge in [-0.2, -0.15) is 0 Å². The number of hydrogen-bond donors (Lipinski definition) is 3. The van der Waals surface area contributed by atoms with E-state index < -0.39 is 29.8 Å². The molecule has 0 saturated heterocycles. The number of unbranched alkanes of at least 4 members (excludes halogenated alkanes) is 1. The second-order valence-electron chi connectivity index (χ2n) is 10.6. The van der Waals surface area contributed by atoms with E-state index in [2.05, 4.69) is 6.58 Å². The molecule has 0 aliphatic heterocycles. The first kappa shape index (κ1) is 32.9. The molecule has 0 aromatic carbocycles. The van der Waals surface area contributed by atoms with Gasteiger partial charge in [0.15, 0.2) is 0 Å². The summed E-state index contributed by atoms with van der Waals surface area (Å²) in [6, 6.07) is 0. The van der Waals surface area contributed by atoms with E-state index >= 15 is 0 Å². The molecular formula is C28H49NO6. The number of carbonyl (C=O) groups is 2. The van der Waals surface area contributed by atoms with Crippen LogP contribution in [0.4, 0.5) is 4.79 Å². The summed E-state index contributed by atoms with van der Waals surface area (Å²) in [5.74, 6) is -0.703. The molecule has 1 amide bonds. The zero-order valence-corrected chi connectivity index (χ0v) is 22.8. The first-order valence-corrected chi connectivity index (χ1v) is 12.7. The third-order valence-electron chi connectivity index (χ3n) is 6.21. The van der Waals surface area contributed by atoms with Gasteiger partial charge in [-0.1, -0.05) is 58.1 Å². The molecule has 7 heteroatoms. The fourth-order valence-electron chi connectivity index (χ4n) is 3.62. The number of rotatable bonds is 16. The number of allylic oxidation sites excluding steroid dienone is 2. The molecule has 0 aromatic heterocycles. The number of aliphatic hydroxyl groups is 2. The number of esters is 1. The highest BCUT2D eigenvalue weighted by Gasteiger charge is 2.30. The molecule has 4 N–H and O–H groups in total. The van der Waals surface area contributed by atoms with Gasteiger partial charge in [-0.05, 0) is 46.5 Å². The number of nitrogens with two attached hydrogens (primary N) is 1. The Morgan fingerprint density at radius 2 is 1.51 bits per heavy atom. The fraction of sp³-hybridized carbons (Fsp3) is 0.714. The van der Waals surface area contributed by atoms with E-state index in [1.807, 2.05) is 72.8 Å². The molecule has 0 fully saturated rings. The molecule has 35 heavy (non-hydrogen) atoms. The van der Waals surface area contributed by atoms with Crippen LogP contribution in [0.2, 0.25) is 0 Å². The van der Waals surface area contributed by atoms with Gasteiger partial charge in [0, 0.05) is 23.7 Å². The summed E-state index contributed by atoms with van der Waals surface area (Å²) in [6.07, 6.45) is 9.65. The van der Waals surface area contributed by atoms with Crippen molar-refractivity contribution in [2.24, 2.45) is 34.8 Å². The van der Waals surface area contributed by atoms with Crippen molar-refractivity contribution < 1.29 is 29.3 Å². The van der Waals surface area contributed by atoms with Crippen molar-refractivity contribution in [2.45, 2.75) is 92.5 Å². The van der Waals surface area contributed by atoms with Gasteiger partial charge in [-0.25, -0.2) is 4.79 Å². The molecule has 7 nitrogen and oxygen atoms in total. The maximum Gasteiger partial charge on any atom is 0.404 e. The van der Waals surface area contributed by atoms with Crippen LogP contribution in [-0.2, 0) is 14.3 Å². The summed E-state index contributed by atoms with van der Waals surface area (Å²) in [5, 5.41) is 21.2. The molecule has 202 valence electrons. The summed E-state index contributed by atoms with van der Waals surface area (Å²) in [5.41, 5.74) is 4.69. The van der Waals surface area contributed by atoms with Crippen molar-refractivity contribution >= 4 is 12.1 Å². The van der Waals surface area contributed by atoms with Crippen LogP contribution < -0.4 is 5.73 Å². The number of ether oxygens (including phenoxy) is 2. The summed E-state index contributed by atoms with van der Waals surface area (Å²) in [7, 11) is 0. The van der Waals surface area contributed by atoms with Crippen LogP contribution >= 0.6 is 0 Å². The Bertz CT molecular complexity index is 696. The fourth-order valence-corrected chi connectivity index (χ4v) is 3.62. The minimum absolute atomic E-state index is 0.0236. The Morgan fingerprint density at radius 1 is 0.971 bits per heavy atom. The first-order chi connectivity index (χ1) is 16.2. The Morgan fingerprint density at radius 3 is 2.00 bits per heavy atom. The van der Waals surface area contributed by atoms with Crippen molar-refractivity contribution in [3.63, 3.8) is 0 Å². The van der Waals surface area contributed by atoms with Gasteiger partial charge in [0.05, 0.1) is 24.2 Å². The van der Waals surface area contributed by atoms with Gasteiger partial charge in [-0.15, -0.1) is 6.58 Å². The van der Waals surface area contributed by atoms with Crippen molar-refractivity contribution in [1.82, 2.24) is 0 Å². The average molecular weight is 496 g/mol. The molecule has 0 bridgehead atoms. The van der Waals surface area contributed by atoms with E-state index in [0.717, 1.165) is 12.8 Å². The van der Waals surface area contributed by atoms with Crippen LogP contribution in [0.15, 0.2) is 37.0 Å². The van der Waals surface area contributed by atoms with Crippen molar-refractivity contribution in [3.05, 3.63) is 37.0 Å². The predicted octanol–water partition coefficient (Wildman–Crippen LogP) is 5.16. The molecular weight excluding hydrogens is 446 g/mol. The molecule has 0 spiro atoms. The quantitative estimate of drug-likeness (QED) is 0.154. The topological polar surface area (TPSA) is 119 Å². The van der Waals surface area contributed by atoms with Crippen molar-refractivity contribution in [3.8, 4) is 0 Å². The molecule has 0 radical (unpaired) electrons. The normalized spacial score (nSPS) is 18.4. The summed E-state index contributed by atoms with van der Waals surface area (Å²) in [4.78, 5) is 22.9. The largest absolute Gasteiger partial charge is 0.465 e. The Hall–Kier alpha value is -2.12. The lowest BCUT2D eigenvalue weighted by atomic mass is 9.87. The minimum atomic E-state index is -0.863. The highest BCUT2D eigenvalue weighted by atomic mass is 16.6. The lowest BCUT2D eigenvalue weighted by Crippen LogP contribution is -2.38. The summed E-state index contributed by atoms with van der Waals surface area (Å²) < 4.78 is 10.4. The molecule has 7 atom stereocenters. The first-order valence-electron chi connectivity index (χ1n) is 12.7. The molecule has 0 heterocycles. The van der Waals surface area contributed by atoms with E-state index in [1.165, 1.54) is 0 Å². The van der Waals surface area contributed by atoms with Crippen LogP contribution in [-0.4, -0.2) is 47.2 Å². The van der Waals surface area contributed by atoms with Crippen LogP contribution in [0, 0.1) is 29.1 Å². The van der Waals surface area contributed by atoms with E-state index in [1.54, 1.807) is 6.08 Å². The SMILES string of the molecule is C=C[C@H](C)[C@H](OC(N)=O)[C@@H](C)[C@H](O)CC/C=C\[C@H](C)[C@@H](O)[C@@H](C)/C=C\CCCOC(=O)C(C)(C)C. The second-order valence-corrected chi connectivity index (χ2v) is 10.6. The van der Waals surface area contributed by atoms with Gasteiger partial charge in [0.2, 0.25) is 0 Å². The number of hydrogen-bond acceptors (Lipinski definition) is 6. The van der Waals surface area contributed by atoms with Crippen LogP contribution in [0.5, 0.6) is 0 Å². The summed E-state index contributed by atoms with van der Waals surface area (Å²) in [6.45, 7) is 17.2. The number of aliphatic hydroxyl groups excluding tert-OH is 2. The monoisotopic (exact) mass is 495 g/mol. The Labute approximate surface area is 212 Å². The smallest absolute Gasteiger partial charge is 0.404 e. The molecule has 0 aliphatic rings. The van der Waals surface area contributed by atoms with Gasteiger partial charge >= 0.3 is 12.1 Å². The predicted molar refractivity (Wildman–Crippen MR) is 140 cm³/mol. The number of amides is 1. The zero-order valence-electron chi connectivity index (χ0n) is 22.8. The lowest BCUT2D eigenvalue weighted by Gasteiger charge is -2.30. The summed E-state index contributed by atoms with van der Waals surface area (Å²) >= 11 is 0. The van der Waals surface area contributed by atoms with Gasteiger partial charge in [-0.3, -0.25) is 4.79 Å². The highest BCUT2D eigenvalue weighted by Crippen LogP contribution is 2.24. The minimum Gasteiger partial charge on any atom is -0.465 e. The van der Waals surface area contributed by atoms with Crippen molar-refractivity contribution in [1.29, 1.82) is 0 Å². The molecule has 0 saturated carbocycles. The molecule has 0 rings (SSSR count). The molecule has 0 aliphatic carbocycles. The molecule has 0 aromatic rings. The zero-order chi connectivity index (χ0) is 27.2. The van der Waals surface area contributed by atoms with Gasteiger partial charge in [0.25, 0.3) is 0 Å². The van der Waals surface area contributed by atoms with Crippen LogP contribution in [0.1, 0.15) is 74.1 Å². The van der Waals surface area contributed by atoms with Crippen molar-refractivity contribution in [2.75, 3.05) is 6.61 Å². The number of carbonyl (C=O) groups excluding carboxylic acids is 2. The standard InChI is InChI=1S/C28H49NO6/c1-9-19(2)25(35-27(29)33)22(5)23(30)17-13-12-16-21(4)24(31)20(3)15-11-10-14-18-34-26(32)28(6,7)8/h9,11-12,15-16,19-25,30-31H,1,10,13-14,17-18H2,2-8H3,(H2,29,33)/b15-11-,16-12-/t19-,20-,21-,22-,23+,24-,25-/m0/s1.